The van der Waals surface area contributed by atoms with Gasteiger partial charge >= 0.3 is 0 Å². The van der Waals surface area contributed by atoms with E-state index < -0.39 is 22.4 Å². The standard InChI is InChI=1S/C28H54O5S/c1-12-13-14-15-16-17-27(30-18-19-31-27)23-21(2)22(20-34(29)26(9,10)11)32-28(33-23,24(3,4)5)25(6,7)8/h21-23H,12-20H2,1-11H3/t21-,22+,23+,34?/m0/s1. The van der Waals surface area contributed by atoms with E-state index in [0.29, 0.717) is 19.0 Å². The lowest BCUT2D eigenvalue weighted by Crippen LogP contribution is -2.69. The Morgan fingerprint density at radius 2 is 1.35 bits per heavy atom. The fourth-order valence-electron chi connectivity index (χ4n) is 5.63. The van der Waals surface area contributed by atoms with Gasteiger partial charge < -0.3 is 18.9 Å². The van der Waals surface area contributed by atoms with Crippen LogP contribution < -0.4 is 0 Å². The van der Waals surface area contributed by atoms with Crippen LogP contribution in [0.25, 0.3) is 0 Å². The number of hydrogen-bond donors (Lipinski definition) is 0. The van der Waals surface area contributed by atoms with E-state index in [1.54, 1.807) is 0 Å². The van der Waals surface area contributed by atoms with Gasteiger partial charge in [0.05, 0.1) is 25.1 Å². The van der Waals surface area contributed by atoms with Gasteiger partial charge in [-0.1, -0.05) is 81.1 Å². The van der Waals surface area contributed by atoms with Crippen LogP contribution in [0.4, 0.5) is 0 Å². The summed E-state index contributed by atoms with van der Waals surface area (Å²) in [5.74, 6) is -1.20. The monoisotopic (exact) mass is 502 g/mol. The Morgan fingerprint density at radius 1 is 0.824 bits per heavy atom. The fourth-order valence-corrected chi connectivity index (χ4v) is 6.80. The first-order chi connectivity index (χ1) is 15.5. The molecule has 0 radical (unpaired) electrons. The molecule has 0 amide bonds. The summed E-state index contributed by atoms with van der Waals surface area (Å²) in [6.07, 6.45) is 6.23. The minimum Gasteiger partial charge on any atom is -0.345 e. The molecule has 6 heteroatoms. The van der Waals surface area contributed by atoms with E-state index in [2.05, 4.69) is 55.4 Å². The maximum atomic E-state index is 13.3. The molecule has 2 saturated heterocycles. The maximum absolute atomic E-state index is 13.3. The molecule has 0 spiro atoms. The molecule has 0 saturated carbocycles. The highest BCUT2D eigenvalue weighted by Crippen LogP contribution is 2.55. The van der Waals surface area contributed by atoms with Crippen LogP contribution in [-0.2, 0) is 29.7 Å². The van der Waals surface area contributed by atoms with Gasteiger partial charge in [0.2, 0.25) is 0 Å². The number of unbranched alkanes of at least 4 members (excludes halogenated alkanes) is 4. The Labute approximate surface area is 212 Å². The molecule has 0 N–H and O–H groups in total. The van der Waals surface area contributed by atoms with Crippen LogP contribution in [-0.4, -0.2) is 51.7 Å². The molecule has 5 nitrogen and oxygen atoms in total. The summed E-state index contributed by atoms with van der Waals surface area (Å²) in [5, 5.41) is 0. The Kier molecular flexibility index (Phi) is 9.92. The van der Waals surface area contributed by atoms with Gasteiger partial charge in [-0.15, -0.1) is 0 Å². The second-order valence-electron chi connectivity index (χ2n) is 13.5. The van der Waals surface area contributed by atoms with Crippen LogP contribution in [0.15, 0.2) is 0 Å². The average Bonchev–Trinajstić information content (AvgIpc) is 3.16. The van der Waals surface area contributed by atoms with E-state index in [0.717, 1.165) is 12.8 Å². The van der Waals surface area contributed by atoms with Gasteiger partial charge in [-0.05, 0) is 27.2 Å². The summed E-state index contributed by atoms with van der Waals surface area (Å²) in [6, 6.07) is 0. The Morgan fingerprint density at radius 3 is 1.82 bits per heavy atom. The first-order valence-electron chi connectivity index (χ1n) is 13.5. The third kappa shape index (κ3) is 6.45. The van der Waals surface area contributed by atoms with Crippen LogP contribution in [0.1, 0.15) is 115 Å². The molecule has 2 heterocycles. The quantitative estimate of drug-likeness (QED) is 0.323. The van der Waals surface area contributed by atoms with Crippen LogP contribution in [0.2, 0.25) is 0 Å². The SMILES string of the molecule is CCCCCCCC1([C@@H]2OC(C(C)(C)C)(C(C)(C)C)O[C@H](CS(=O)C(C)(C)C)[C@@H]2C)OCCO1. The van der Waals surface area contributed by atoms with Crippen molar-refractivity contribution in [3.63, 3.8) is 0 Å². The minimum atomic E-state index is -1.04. The van der Waals surface area contributed by atoms with Gasteiger partial charge in [0.25, 0.3) is 0 Å². The van der Waals surface area contributed by atoms with Crippen LogP contribution >= 0.6 is 0 Å². The van der Waals surface area contributed by atoms with E-state index in [9.17, 15) is 4.21 Å². The lowest BCUT2D eigenvalue weighted by atomic mass is 9.68. The van der Waals surface area contributed by atoms with E-state index in [4.69, 9.17) is 18.9 Å². The van der Waals surface area contributed by atoms with Gasteiger partial charge in [0.1, 0.15) is 6.10 Å². The molecule has 0 aromatic carbocycles. The highest BCUT2D eigenvalue weighted by Gasteiger charge is 2.64. The van der Waals surface area contributed by atoms with Crippen molar-refractivity contribution in [2.75, 3.05) is 19.0 Å². The average molecular weight is 503 g/mol. The van der Waals surface area contributed by atoms with Gasteiger partial charge in [0.15, 0.2) is 11.6 Å². The minimum absolute atomic E-state index is 0.0159. The van der Waals surface area contributed by atoms with Crippen molar-refractivity contribution < 1.29 is 23.2 Å². The van der Waals surface area contributed by atoms with Gasteiger partial charge in [0, 0.05) is 38.7 Å². The van der Waals surface area contributed by atoms with Crippen molar-refractivity contribution in [1.82, 2.24) is 0 Å². The Balaban J connectivity index is 2.47. The zero-order chi connectivity index (χ0) is 26.0. The third-order valence-corrected chi connectivity index (χ3v) is 9.48. The summed E-state index contributed by atoms with van der Waals surface area (Å²) in [5.41, 5.74) is -0.627. The molecule has 34 heavy (non-hydrogen) atoms. The maximum Gasteiger partial charge on any atom is 0.195 e. The molecule has 2 aliphatic heterocycles. The first-order valence-corrected chi connectivity index (χ1v) is 14.8. The molecule has 1 unspecified atom stereocenters. The topological polar surface area (TPSA) is 54.0 Å². The summed E-state index contributed by atoms with van der Waals surface area (Å²) >= 11 is 0. The van der Waals surface area contributed by atoms with Crippen LogP contribution in [0.5, 0.6) is 0 Å². The van der Waals surface area contributed by atoms with Gasteiger partial charge in [-0.2, -0.15) is 0 Å². The molecule has 0 aromatic heterocycles. The van der Waals surface area contributed by atoms with Crippen molar-refractivity contribution in [2.24, 2.45) is 16.7 Å². The highest BCUT2D eigenvalue weighted by molar-refractivity contribution is 7.86. The van der Waals surface area contributed by atoms with Gasteiger partial charge in [-0.3, -0.25) is 4.21 Å². The molecule has 0 aliphatic carbocycles. The first kappa shape index (κ1) is 30.2. The molecular formula is C28H54O5S. The molecule has 202 valence electrons. The summed E-state index contributed by atoms with van der Waals surface area (Å²) in [6.45, 7) is 24.7. The fraction of sp³-hybridized carbons (Fsp3) is 1.00. The Bertz CT molecular complexity index is 650. The summed E-state index contributed by atoms with van der Waals surface area (Å²) < 4.78 is 39.9. The van der Waals surface area contributed by atoms with E-state index in [1.165, 1.54) is 25.7 Å². The van der Waals surface area contributed by atoms with E-state index >= 15 is 0 Å². The molecule has 2 fully saturated rings. The zero-order valence-corrected chi connectivity index (χ0v) is 24.9. The van der Waals surface area contributed by atoms with Crippen molar-refractivity contribution >= 4 is 10.8 Å². The number of hydrogen-bond acceptors (Lipinski definition) is 5. The van der Waals surface area contributed by atoms with Crippen LogP contribution in [0, 0.1) is 16.7 Å². The number of rotatable bonds is 9. The molecular weight excluding hydrogens is 448 g/mol. The lowest BCUT2D eigenvalue weighted by molar-refractivity contribution is -0.436. The molecule has 0 bridgehead atoms. The highest BCUT2D eigenvalue weighted by atomic mass is 32.2. The van der Waals surface area contributed by atoms with E-state index in [1.807, 2.05) is 20.8 Å². The van der Waals surface area contributed by atoms with Crippen LogP contribution in [0.3, 0.4) is 0 Å². The molecule has 2 aliphatic rings. The van der Waals surface area contributed by atoms with Gasteiger partial charge in [-0.25, -0.2) is 0 Å². The molecule has 4 atom stereocenters. The van der Waals surface area contributed by atoms with Crippen molar-refractivity contribution in [1.29, 1.82) is 0 Å². The summed E-state index contributed by atoms with van der Waals surface area (Å²) in [4.78, 5) is 0. The largest absolute Gasteiger partial charge is 0.345 e. The third-order valence-electron chi connectivity index (χ3n) is 7.49. The lowest BCUT2D eigenvalue weighted by Gasteiger charge is -2.61. The Hall–Kier alpha value is -0.0100. The smallest absolute Gasteiger partial charge is 0.195 e. The normalized spacial score (nSPS) is 28.7. The van der Waals surface area contributed by atoms with Crippen molar-refractivity contribution in [3.05, 3.63) is 0 Å². The van der Waals surface area contributed by atoms with Crippen molar-refractivity contribution in [3.8, 4) is 0 Å². The molecule has 0 aromatic rings. The second-order valence-corrected chi connectivity index (χ2v) is 15.7. The predicted molar refractivity (Wildman–Crippen MR) is 141 cm³/mol. The van der Waals surface area contributed by atoms with E-state index in [-0.39, 0.29) is 33.7 Å². The predicted octanol–water partition coefficient (Wildman–Crippen LogP) is 6.85. The molecule has 2 rings (SSSR count). The summed E-state index contributed by atoms with van der Waals surface area (Å²) in [7, 11) is -1.04. The zero-order valence-electron chi connectivity index (χ0n) is 24.0. The second kappa shape index (κ2) is 11.2. The number of ether oxygens (including phenoxy) is 4. The van der Waals surface area contributed by atoms with Crippen molar-refractivity contribution in [2.45, 2.75) is 143 Å².